The van der Waals surface area contributed by atoms with Crippen molar-refractivity contribution in [1.29, 1.82) is 0 Å². The molecule has 0 bridgehead atoms. The summed E-state index contributed by atoms with van der Waals surface area (Å²) >= 11 is 0. The first-order chi connectivity index (χ1) is 12.3. The second-order valence-electron chi connectivity index (χ2n) is 6.87. The summed E-state index contributed by atoms with van der Waals surface area (Å²) in [5.74, 6) is 0.0674. The molecule has 1 fully saturated rings. The van der Waals surface area contributed by atoms with Gasteiger partial charge in [0.1, 0.15) is 0 Å². The van der Waals surface area contributed by atoms with Gasteiger partial charge in [0.25, 0.3) is 0 Å². The van der Waals surface area contributed by atoms with Gasteiger partial charge in [-0.15, -0.1) is 0 Å². The molecule has 0 aromatic heterocycles. The van der Waals surface area contributed by atoms with E-state index >= 15 is 0 Å². The van der Waals surface area contributed by atoms with Gasteiger partial charge in [-0.2, -0.15) is 0 Å². The standard InChI is InChI=1S/C18H27N3O4S/c1-14(2)21-12-16(11-17(21)22)20-18(23)19-9-6-10-26(24,25)13-15-7-4-3-5-8-15/h3-5,7-8,14,16H,6,9-13H2,1-2H3,(H2,19,20,23)/t16-/m1/s1. The van der Waals surface area contributed by atoms with Crippen LogP contribution in [-0.2, 0) is 20.4 Å². The van der Waals surface area contributed by atoms with Gasteiger partial charge < -0.3 is 15.5 Å². The Bertz CT molecular complexity index is 719. The number of nitrogens with zero attached hydrogens (tertiary/aromatic N) is 1. The number of carbonyl (C=O) groups excluding carboxylic acids is 2. The van der Waals surface area contributed by atoms with Gasteiger partial charge in [0, 0.05) is 25.6 Å². The van der Waals surface area contributed by atoms with Gasteiger partial charge in [0.05, 0.1) is 17.5 Å². The summed E-state index contributed by atoms with van der Waals surface area (Å²) in [7, 11) is -3.20. The summed E-state index contributed by atoms with van der Waals surface area (Å²) in [6.45, 7) is 4.66. The van der Waals surface area contributed by atoms with E-state index in [2.05, 4.69) is 10.6 Å². The number of benzene rings is 1. The molecule has 0 unspecified atom stereocenters. The molecule has 144 valence electrons. The Morgan fingerprint density at radius 3 is 2.58 bits per heavy atom. The van der Waals surface area contributed by atoms with Crippen LogP contribution in [-0.4, -0.2) is 56.2 Å². The summed E-state index contributed by atoms with van der Waals surface area (Å²) in [5, 5.41) is 5.43. The molecule has 8 heteroatoms. The normalized spacial score (nSPS) is 17.6. The molecule has 2 rings (SSSR count). The number of amides is 3. The minimum absolute atomic E-state index is 0.00919. The summed E-state index contributed by atoms with van der Waals surface area (Å²) in [4.78, 5) is 25.4. The molecule has 1 aromatic carbocycles. The van der Waals surface area contributed by atoms with E-state index in [1.165, 1.54) is 0 Å². The number of likely N-dealkylation sites (tertiary alicyclic amines) is 1. The molecule has 0 spiro atoms. The first kappa shape index (κ1) is 20.2. The minimum Gasteiger partial charge on any atom is -0.338 e. The molecule has 7 nitrogen and oxygen atoms in total. The van der Waals surface area contributed by atoms with Crippen molar-refractivity contribution in [2.24, 2.45) is 0 Å². The van der Waals surface area contributed by atoms with Crippen LogP contribution in [0.2, 0.25) is 0 Å². The van der Waals surface area contributed by atoms with Gasteiger partial charge in [0.2, 0.25) is 5.91 Å². The smallest absolute Gasteiger partial charge is 0.315 e. The van der Waals surface area contributed by atoms with Crippen molar-refractivity contribution in [3.05, 3.63) is 35.9 Å². The first-order valence-corrected chi connectivity index (χ1v) is 10.7. The monoisotopic (exact) mass is 381 g/mol. The molecule has 1 aliphatic heterocycles. The lowest BCUT2D eigenvalue weighted by Gasteiger charge is -2.21. The van der Waals surface area contributed by atoms with Crippen LogP contribution in [0, 0.1) is 0 Å². The number of nitrogens with one attached hydrogen (secondary N) is 2. The van der Waals surface area contributed by atoms with Crippen LogP contribution in [0.4, 0.5) is 4.79 Å². The Labute approximate surface area is 155 Å². The summed E-state index contributed by atoms with van der Waals surface area (Å²) in [5.41, 5.74) is 0.763. The van der Waals surface area contributed by atoms with Crippen molar-refractivity contribution in [2.45, 2.75) is 44.5 Å². The van der Waals surface area contributed by atoms with Crippen LogP contribution >= 0.6 is 0 Å². The van der Waals surface area contributed by atoms with Crippen LogP contribution in [0.25, 0.3) is 0 Å². The van der Waals surface area contributed by atoms with E-state index in [0.717, 1.165) is 5.56 Å². The largest absolute Gasteiger partial charge is 0.338 e. The fraction of sp³-hybridized carbons (Fsp3) is 0.556. The van der Waals surface area contributed by atoms with E-state index in [-0.39, 0.29) is 42.1 Å². The number of carbonyl (C=O) groups is 2. The molecule has 0 aliphatic carbocycles. The van der Waals surface area contributed by atoms with E-state index in [0.29, 0.717) is 19.4 Å². The van der Waals surface area contributed by atoms with E-state index in [9.17, 15) is 18.0 Å². The van der Waals surface area contributed by atoms with Gasteiger partial charge in [-0.25, -0.2) is 13.2 Å². The molecule has 0 radical (unpaired) electrons. The summed E-state index contributed by atoms with van der Waals surface area (Å²) < 4.78 is 24.2. The lowest BCUT2D eigenvalue weighted by Crippen LogP contribution is -2.44. The lowest BCUT2D eigenvalue weighted by atomic mass is 10.2. The minimum atomic E-state index is -3.20. The summed E-state index contributed by atoms with van der Waals surface area (Å²) in [6, 6.07) is 8.58. The number of hydrogen-bond donors (Lipinski definition) is 2. The lowest BCUT2D eigenvalue weighted by molar-refractivity contribution is -0.129. The highest BCUT2D eigenvalue weighted by atomic mass is 32.2. The zero-order valence-electron chi connectivity index (χ0n) is 15.3. The molecule has 1 heterocycles. The maximum atomic E-state index is 12.1. The number of rotatable bonds is 8. The first-order valence-electron chi connectivity index (χ1n) is 8.85. The van der Waals surface area contributed by atoms with Crippen LogP contribution < -0.4 is 10.6 Å². The molecule has 0 saturated carbocycles. The Balaban J connectivity index is 1.66. The number of hydrogen-bond acceptors (Lipinski definition) is 4. The van der Waals surface area contributed by atoms with Crippen molar-refractivity contribution >= 4 is 21.8 Å². The molecular formula is C18H27N3O4S. The second kappa shape index (κ2) is 9.02. The van der Waals surface area contributed by atoms with Crippen LogP contribution in [0.1, 0.15) is 32.3 Å². The molecule has 1 atom stereocenters. The second-order valence-corrected chi connectivity index (χ2v) is 9.06. The average molecular weight is 381 g/mol. The predicted octanol–water partition coefficient (Wildman–Crippen LogP) is 1.30. The highest BCUT2D eigenvalue weighted by Gasteiger charge is 2.31. The Morgan fingerprint density at radius 2 is 1.96 bits per heavy atom. The highest BCUT2D eigenvalue weighted by molar-refractivity contribution is 7.90. The SMILES string of the molecule is CC(C)N1C[C@H](NC(=O)NCCCS(=O)(=O)Cc2ccccc2)CC1=O. The molecule has 3 amide bonds. The van der Waals surface area contributed by atoms with Crippen LogP contribution in [0.3, 0.4) is 0 Å². The fourth-order valence-corrected chi connectivity index (χ4v) is 4.39. The van der Waals surface area contributed by atoms with Gasteiger partial charge in [0.15, 0.2) is 9.84 Å². The van der Waals surface area contributed by atoms with Gasteiger partial charge >= 0.3 is 6.03 Å². The van der Waals surface area contributed by atoms with Crippen molar-refractivity contribution in [3.8, 4) is 0 Å². The zero-order chi connectivity index (χ0) is 19.2. The van der Waals surface area contributed by atoms with Gasteiger partial charge in [-0.3, -0.25) is 4.79 Å². The van der Waals surface area contributed by atoms with Crippen molar-refractivity contribution in [3.63, 3.8) is 0 Å². The Morgan fingerprint density at radius 1 is 1.27 bits per heavy atom. The van der Waals surface area contributed by atoms with E-state index in [1.54, 1.807) is 17.0 Å². The van der Waals surface area contributed by atoms with E-state index in [4.69, 9.17) is 0 Å². The maximum Gasteiger partial charge on any atom is 0.315 e. The van der Waals surface area contributed by atoms with E-state index in [1.807, 2.05) is 32.0 Å². The summed E-state index contributed by atoms with van der Waals surface area (Å²) in [6.07, 6.45) is 0.654. The third-order valence-corrected chi connectivity index (χ3v) is 5.95. The fourth-order valence-electron chi connectivity index (χ4n) is 2.96. The quantitative estimate of drug-likeness (QED) is 0.664. The van der Waals surface area contributed by atoms with Crippen LogP contribution in [0.15, 0.2) is 30.3 Å². The molecule has 26 heavy (non-hydrogen) atoms. The Kier molecular flexibility index (Phi) is 7.02. The maximum absolute atomic E-state index is 12.1. The number of urea groups is 1. The average Bonchev–Trinajstić information content (AvgIpc) is 2.93. The molecular weight excluding hydrogens is 354 g/mol. The van der Waals surface area contributed by atoms with Crippen molar-refractivity contribution in [1.82, 2.24) is 15.5 Å². The van der Waals surface area contributed by atoms with E-state index < -0.39 is 9.84 Å². The third kappa shape index (κ3) is 6.33. The molecule has 2 N–H and O–H groups in total. The van der Waals surface area contributed by atoms with Crippen molar-refractivity contribution in [2.75, 3.05) is 18.8 Å². The van der Waals surface area contributed by atoms with Gasteiger partial charge in [-0.05, 0) is 25.8 Å². The molecule has 1 aromatic rings. The number of sulfone groups is 1. The molecule has 1 saturated heterocycles. The highest BCUT2D eigenvalue weighted by Crippen LogP contribution is 2.14. The Hall–Kier alpha value is -2.09. The molecule has 1 aliphatic rings. The topological polar surface area (TPSA) is 95.6 Å². The zero-order valence-corrected chi connectivity index (χ0v) is 16.1. The van der Waals surface area contributed by atoms with Crippen molar-refractivity contribution < 1.29 is 18.0 Å². The third-order valence-electron chi connectivity index (χ3n) is 4.26. The van der Waals surface area contributed by atoms with Crippen LogP contribution in [0.5, 0.6) is 0 Å². The van der Waals surface area contributed by atoms with Gasteiger partial charge in [-0.1, -0.05) is 30.3 Å². The predicted molar refractivity (Wildman–Crippen MR) is 100 cm³/mol.